The molecule has 17 heavy (non-hydrogen) atoms. The van der Waals surface area contributed by atoms with Crippen LogP contribution in [0, 0.1) is 0 Å². The topological polar surface area (TPSA) is 81.2 Å². The number of nitrogens with two attached hydrogens (primary N) is 1. The number of hydrogen-bond acceptors (Lipinski definition) is 5. The lowest BCUT2D eigenvalue weighted by Gasteiger charge is -2.07. The van der Waals surface area contributed by atoms with Crippen molar-refractivity contribution < 1.29 is 8.63 Å². The molecule has 2 atom stereocenters. The summed E-state index contributed by atoms with van der Waals surface area (Å²) >= 11 is 0. The van der Waals surface area contributed by atoms with E-state index in [0.29, 0.717) is 23.8 Å². The smallest absolute Gasteiger partial charge is 0.295 e. The van der Waals surface area contributed by atoms with Crippen molar-refractivity contribution in [1.29, 1.82) is 0 Å². The Bertz CT molecular complexity index is 553. The predicted molar refractivity (Wildman–Crippen MR) is 70.4 cm³/mol. The van der Waals surface area contributed by atoms with Crippen LogP contribution in [0.4, 0.5) is 11.7 Å². The standard InChI is InChI=1S/C11H15N3O2S/c1-7(17(2)15)6-13-11-14-9-5-8(12)3-4-10(9)16-11/h3-5,7H,6,12H2,1-2H3,(H,13,14). The van der Waals surface area contributed by atoms with Gasteiger partial charge in [-0.1, -0.05) is 0 Å². The number of nitrogen functional groups attached to an aromatic ring is 1. The molecule has 1 aromatic carbocycles. The van der Waals surface area contributed by atoms with Crippen LogP contribution in [0.1, 0.15) is 6.92 Å². The number of nitrogens with one attached hydrogen (secondary N) is 1. The monoisotopic (exact) mass is 253 g/mol. The van der Waals surface area contributed by atoms with Crippen molar-refractivity contribution in [2.24, 2.45) is 0 Å². The van der Waals surface area contributed by atoms with Gasteiger partial charge < -0.3 is 15.5 Å². The minimum absolute atomic E-state index is 0.0510. The van der Waals surface area contributed by atoms with Gasteiger partial charge in [0.2, 0.25) is 0 Å². The second-order valence-electron chi connectivity index (χ2n) is 3.94. The molecule has 2 rings (SSSR count). The number of aromatic nitrogens is 1. The molecule has 0 bridgehead atoms. The molecule has 0 saturated heterocycles. The number of benzene rings is 1. The Morgan fingerprint density at radius 1 is 1.59 bits per heavy atom. The molecular weight excluding hydrogens is 238 g/mol. The lowest BCUT2D eigenvalue weighted by atomic mass is 10.3. The summed E-state index contributed by atoms with van der Waals surface area (Å²) in [5.41, 5.74) is 7.71. The van der Waals surface area contributed by atoms with Gasteiger partial charge in [-0.25, -0.2) is 0 Å². The Balaban J connectivity index is 2.12. The molecule has 2 unspecified atom stereocenters. The predicted octanol–water partition coefficient (Wildman–Crippen LogP) is 1.59. The van der Waals surface area contributed by atoms with E-state index in [0.717, 1.165) is 5.52 Å². The second-order valence-corrected chi connectivity index (χ2v) is 5.74. The highest BCUT2D eigenvalue weighted by atomic mass is 32.2. The van der Waals surface area contributed by atoms with Crippen molar-refractivity contribution >= 4 is 33.6 Å². The molecule has 0 amide bonds. The maximum Gasteiger partial charge on any atom is 0.295 e. The quantitative estimate of drug-likeness (QED) is 0.809. The fourth-order valence-electron chi connectivity index (χ4n) is 1.37. The zero-order valence-corrected chi connectivity index (χ0v) is 10.6. The van der Waals surface area contributed by atoms with Crippen LogP contribution >= 0.6 is 0 Å². The summed E-state index contributed by atoms with van der Waals surface area (Å²) in [6.07, 6.45) is 1.68. The third-order valence-corrected chi connectivity index (χ3v) is 3.82. The van der Waals surface area contributed by atoms with Crippen LogP contribution in [-0.4, -0.2) is 27.2 Å². The molecule has 1 aromatic heterocycles. The Kier molecular flexibility index (Phi) is 3.33. The summed E-state index contributed by atoms with van der Waals surface area (Å²) in [4.78, 5) is 4.25. The lowest BCUT2D eigenvalue weighted by Crippen LogP contribution is -2.20. The molecule has 0 radical (unpaired) electrons. The Hall–Kier alpha value is -1.56. The van der Waals surface area contributed by atoms with Gasteiger partial charge in [-0.15, -0.1) is 0 Å². The minimum Gasteiger partial charge on any atom is -0.424 e. The molecule has 3 N–H and O–H groups in total. The second kappa shape index (κ2) is 4.75. The van der Waals surface area contributed by atoms with E-state index in [-0.39, 0.29) is 5.25 Å². The SMILES string of the molecule is CC(CNc1nc2cc(N)ccc2o1)S(C)=O. The normalized spacial score (nSPS) is 14.7. The third-order valence-electron chi connectivity index (χ3n) is 2.52. The summed E-state index contributed by atoms with van der Waals surface area (Å²) in [6.45, 7) is 2.47. The summed E-state index contributed by atoms with van der Waals surface area (Å²) in [6, 6.07) is 5.74. The lowest BCUT2D eigenvalue weighted by molar-refractivity contribution is 0.613. The highest BCUT2D eigenvalue weighted by molar-refractivity contribution is 7.84. The van der Waals surface area contributed by atoms with E-state index in [1.165, 1.54) is 0 Å². The van der Waals surface area contributed by atoms with Crippen LogP contribution in [0.2, 0.25) is 0 Å². The van der Waals surface area contributed by atoms with Gasteiger partial charge in [0.15, 0.2) is 5.58 Å². The van der Waals surface area contributed by atoms with Gasteiger partial charge in [-0.2, -0.15) is 4.98 Å². The molecule has 1 heterocycles. The van der Waals surface area contributed by atoms with Crippen molar-refractivity contribution in [3.8, 4) is 0 Å². The maximum atomic E-state index is 11.2. The molecular formula is C11H15N3O2S. The van der Waals surface area contributed by atoms with Gasteiger partial charge in [0.05, 0.1) is 0 Å². The summed E-state index contributed by atoms with van der Waals surface area (Å²) in [5, 5.41) is 3.07. The van der Waals surface area contributed by atoms with E-state index in [1.54, 1.807) is 24.5 Å². The van der Waals surface area contributed by atoms with Crippen LogP contribution in [0.3, 0.4) is 0 Å². The molecule has 2 aromatic rings. The van der Waals surface area contributed by atoms with E-state index in [9.17, 15) is 4.21 Å². The first-order chi connectivity index (χ1) is 8.06. The Labute approximate surface area is 102 Å². The van der Waals surface area contributed by atoms with Crippen molar-refractivity contribution in [3.05, 3.63) is 18.2 Å². The van der Waals surface area contributed by atoms with E-state index in [2.05, 4.69) is 10.3 Å². The number of fused-ring (bicyclic) bond motifs is 1. The number of nitrogens with zero attached hydrogens (tertiary/aromatic N) is 1. The largest absolute Gasteiger partial charge is 0.424 e. The van der Waals surface area contributed by atoms with Crippen LogP contribution < -0.4 is 11.1 Å². The molecule has 0 fully saturated rings. The van der Waals surface area contributed by atoms with Crippen molar-refractivity contribution in [2.75, 3.05) is 23.9 Å². The zero-order chi connectivity index (χ0) is 12.4. The number of oxazole rings is 1. The number of rotatable bonds is 4. The van der Waals surface area contributed by atoms with Crippen LogP contribution in [0.25, 0.3) is 11.1 Å². The van der Waals surface area contributed by atoms with E-state index < -0.39 is 10.8 Å². The molecule has 92 valence electrons. The van der Waals surface area contributed by atoms with Gasteiger partial charge in [0, 0.05) is 34.5 Å². The molecule has 6 heteroatoms. The zero-order valence-electron chi connectivity index (χ0n) is 9.77. The first kappa shape index (κ1) is 11.9. The van der Waals surface area contributed by atoms with Gasteiger partial charge in [-0.3, -0.25) is 4.21 Å². The van der Waals surface area contributed by atoms with E-state index >= 15 is 0 Å². The fraction of sp³-hybridized carbons (Fsp3) is 0.364. The Morgan fingerprint density at radius 2 is 2.35 bits per heavy atom. The molecule has 0 aliphatic carbocycles. The molecule has 5 nitrogen and oxygen atoms in total. The molecule has 0 spiro atoms. The van der Waals surface area contributed by atoms with Crippen molar-refractivity contribution in [1.82, 2.24) is 4.98 Å². The summed E-state index contributed by atoms with van der Waals surface area (Å²) < 4.78 is 16.7. The van der Waals surface area contributed by atoms with Crippen molar-refractivity contribution in [3.63, 3.8) is 0 Å². The van der Waals surface area contributed by atoms with Gasteiger partial charge >= 0.3 is 0 Å². The summed E-state index contributed by atoms with van der Waals surface area (Å²) in [7, 11) is -0.857. The molecule has 0 saturated carbocycles. The third kappa shape index (κ3) is 2.76. The van der Waals surface area contributed by atoms with Crippen LogP contribution in [0.5, 0.6) is 0 Å². The highest BCUT2D eigenvalue weighted by Gasteiger charge is 2.09. The first-order valence-electron chi connectivity index (χ1n) is 5.28. The van der Waals surface area contributed by atoms with Crippen LogP contribution in [0.15, 0.2) is 22.6 Å². The number of anilines is 2. The van der Waals surface area contributed by atoms with Gasteiger partial charge in [0.25, 0.3) is 6.01 Å². The molecule has 0 aliphatic heterocycles. The molecule has 0 aliphatic rings. The number of hydrogen-bond donors (Lipinski definition) is 2. The van der Waals surface area contributed by atoms with E-state index in [4.69, 9.17) is 10.2 Å². The van der Waals surface area contributed by atoms with Crippen molar-refractivity contribution in [2.45, 2.75) is 12.2 Å². The van der Waals surface area contributed by atoms with Crippen LogP contribution in [-0.2, 0) is 10.8 Å². The fourth-order valence-corrected chi connectivity index (χ4v) is 1.69. The first-order valence-corrected chi connectivity index (χ1v) is 6.90. The average molecular weight is 253 g/mol. The summed E-state index contributed by atoms with van der Waals surface area (Å²) in [5.74, 6) is 0. The van der Waals surface area contributed by atoms with E-state index in [1.807, 2.05) is 6.92 Å². The minimum atomic E-state index is -0.857. The highest BCUT2D eigenvalue weighted by Crippen LogP contribution is 2.20. The maximum absolute atomic E-state index is 11.2. The van der Waals surface area contributed by atoms with Gasteiger partial charge in [0.1, 0.15) is 5.52 Å². The van der Waals surface area contributed by atoms with Gasteiger partial charge in [-0.05, 0) is 25.1 Å². The Morgan fingerprint density at radius 3 is 3.06 bits per heavy atom. The average Bonchev–Trinajstić information content (AvgIpc) is 2.67.